The van der Waals surface area contributed by atoms with E-state index in [-0.39, 0.29) is 5.78 Å². The maximum absolute atomic E-state index is 12.3. The lowest BCUT2D eigenvalue weighted by Gasteiger charge is -2.41. The lowest BCUT2D eigenvalue weighted by Crippen LogP contribution is -2.43. The summed E-state index contributed by atoms with van der Waals surface area (Å²) >= 11 is 0. The van der Waals surface area contributed by atoms with Crippen LogP contribution in [-0.4, -0.2) is 13.9 Å². The van der Waals surface area contributed by atoms with Crippen LogP contribution in [0.15, 0.2) is 47.2 Å². The molecule has 1 aromatic carbocycles. The highest BCUT2D eigenvalue weighted by Gasteiger charge is 2.42. The first kappa shape index (κ1) is 20.6. The molecule has 1 aromatic rings. The third kappa shape index (κ3) is 3.44. The Morgan fingerprint density at radius 3 is 1.96 bits per heavy atom. The number of allylic oxidation sites excluding steroid dienone is 4. The summed E-state index contributed by atoms with van der Waals surface area (Å²) in [6.07, 6.45) is 4.18. The maximum atomic E-state index is 12.3. The number of hydrogen-bond acceptors (Lipinski definition) is 1. The van der Waals surface area contributed by atoms with Gasteiger partial charge in [0.25, 0.3) is 0 Å². The van der Waals surface area contributed by atoms with Crippen molar-refractivity contribution in [3.05, 3.63) is 58.3 Å². The molecule has 0 fully saturated rings. The fourth-order valence-corrected chi connectivity index (χ4v) is 10.7. The summed E-state index contributed by atoms with van der Waals surface area (Å²) in [5.74, 6) is 0.142. The number of carbonyl (C=O) groups is 1. The van der Waals surface area contributed by atoms with Crippen molar-refractivity contribution in [2.45, 2.75) is 72.0 Å². The minimum atomic E-state index is -1.74. The zero-order valence-electron chi connectivity index (χ0n) is 17.7. The second-order valence-corrected chi connectivity index (χ2v) is 14.2. The molecule has 2 rings (SSSR count). The SMILES string of the molecule is C/C=C(/C(C)=O)C1=Cc2ccccc2/C1=C\[Si](C(C)C)(C(C)C)C(C)C. The van der Waals surface area contributed by atoms with Crippen molar-refractivity contribution in [1.82, 2.24) is 0 Å². The largest absolute Gasteiger partial charge is 0.295 e. The molecule has 0 N–H and O–H groups in total. The Morgan fingerprint density at radius 2 is 1.50 bits per heavy atom. The van der Waals surface area contributed by atoms with Gasteiger partial charge in [-0.25, -0.2) is 0 Å². The van der Waals surface area contributed by atoms with Crippen LogP contribution < -0.4 is 0 Å². The molecular weight excluding hydrogens is 332 g/mol. The Hall–Kier alpha value is -1.67. The zero-order valence-corrected chi connectivity index (χ0v) is 18.7. The van der Waals surface area contributed by atoms with Gasteiger partial charge in [0.1, 0.15) is 0 Å². The fourth-order valence-electron chi connectivity index (χ4n) is 4.92. The Labute approximate surface area is 160 Å². The smallest absolute Gasteiger partial charge is 0.160 e. The predicted molar refractivity (Wildman–Crippen MR) is 118 cm³/mol. The minimum Gasteiger partial charge on any atom is -0.295 e. The Morgan fingerprint density at radius 1 is 0.962 bits per heavy atom. The van der Waals surface area contributed by atoms with E-state index >= 15 is 0 Å². The minimum absolute atomic E-state index is 0.142. The van der Waals surface area contributed by atoms with Gasteiger partial charge in [-0.1, -0.05) is 77.6 Å². The normalized spacial score (nSPS) is 16.7. The molecule has 0 aromatic heterocycles. The molecule has 0 saturated heterocycles. The van der Waals surface area contributed by atoms with E-state index in [0.717, 1.165) is 11.1 Å². The van der Waals surface area contributed by atoms with Gasteiger partial charge in [0.15, 0.2) is 5.78 Å². The Balaban J connectivity index is 2.79. The molecule has 0 amide bonds. The third-order valence-electron chi connectivity index (χ3n) is 6.19. The lowest BCUT2D eigenvalue weighted by atomic mass is 9.96. The molecule has 0 radical (unpaired) electrons. The van der Waals surface area contributed by atoms with Gasteiger partial charge in [0.2, 0.25) is 0 Å². The van der Waals surface area contributed by atoms with Crippen LogP contribution in [0.5, 0.6) is 0 Å². The molecule has 0 bridgehead atoms. The number of ketones is 1. The number of rotatable bonds is 6. The van der Waals surface area contributed by atoms with Crippen LogP contribution in [0.1, 0.15) is 66.5 Å². The van der Waals surface area contributed by atoms with Gasteiger partial charge >= 0.3 is 0 Å². The van der Waals surface area contributed by atoms with Crippen LogP contribution in [0.2, 0.25) is 16.6 Å². The van der Waals surface area contributed by atoms with Crippen molar-refractivity contribution in [2.24, 2.45) is 0 Å². The van der Waals surface area contributed by atoms with E-state index in [1.165, 1.54) is 16.7 Å². The van der Waals surface area contributed by atoms with Gasteiger partial charge in [0.05, 0.1) is 8.07 Å². The van der Waals surface area contributed by atoms with Gasteiger partial charge in [-0.3, -0.25) is 4.79 Å². The molecule has 140 valence electrons. The Kier molecular flexibility index (Phi) is 6.28. The van der Waals surface area contributed by atoms with E-state index in [9.17, 15) is 4.79 Å². The average Bonchev–Trinajstić information content (AvgIpc) is 2.89. The third-order valence-corrected chi connectivity index (χ3v) is 13.0. The molecule has 1 nitrogen and oxygen atoms in total. The highest BCUT2D eigenvalue weighted by molar-refractivity contribution is 6.88. The van der Waals surface area contributed by atoms with Gasteiger partial charge in [-0.2, -0.15) is 0 Å². The molecule has 1 aliphatic rings. The lowest BCUT2D eigenvalue weighted by molar-refractivity contribution is -0.113. The molecule has 0 heterocycles. The number of hydrogen-bond donors (Lipinski definition) is 0. The van der Waals surface area contributed by atoms with Gasteiger partial charge < -0.3 is 0 Å². The van der Waals surface area contributed by atoms with Crippen molar-refractivity contribution in [1.29, 1.82) is 0 Å². The standard InChI is InChI=1S/C24H34OSi/c1-9-21(19(8)25)23-14-20-12-10-11-13-22(20)24(23)15-26(16(2)3,17(4)5)18(6)7/h9-18H,1-8H3/b21-9-,24-15+. The first-order valence-electron chi connectivity index (χ1n) is 9.88. The summed E-state index contributed by atoms with van der Waals surface area (Å²) in [5, 5.41) is 0. The number of Topliss-reactive ketones (excluding diaryl/α,β-unsaturated/α-hetero) is 1. The predicted octanol–water partition coefficient (Wildman–Crippen LogP) is 7.22. The van der Waals surface area contributed by atoms with Gasteiger partial charge in [-0.15, -0.1) is 0 Å². The van der Waals surface area contributed by atoms with E-state index < -0.39 is 8.07 Å². The van der Waals surface area contributed by atoms with Crippen molar-refractivity contribution in [2.75, 3.05) is 0 Å². The number of carbonyl (C=O) groups excluding carboxylic acids is 1. The summed E-state index contributed by atoms with van der Waals surface area (Å²) < 4.78 is 0. The first-order valence-corrected chi connectivity index (χ1v) is 12.2. The molecule has 26 heavy (non-hydrogen) atoms. The Bertz CT molecular complexity index is 753. The molecule has 0 unspecified atom stereocenters. The molecule has 1 aliphatic carbocycles. The average molecular weight is 367 g/mol. The summed E-state index contributed by atoms with van der Waals surface area (Å²) in [5.41, 5.74) is 10.3. The quantitative estimate of drug-likeness (QED) is 0.383. The van der Waals surface area contributed by atoms with E-state index in [2.05, 4.69) is 77.6 Å². The van der Waals surface area contributed by atoms with Crippen molar-refractivity contribution < 1.29 is 4.79 Å². The first-order chi connectivity index (χ1) is 12.2. The molecule has 0 spiro atoms. The molecule has 0 atom stereocenters. The number of benzene rings is 1. The summed E-state index contributed by atoms with van der Waals surface area (Å²) in [7, 11) is -1.74. The van der Waals surface area contributed by atoms with Crippen molar-refractivity contribution >= 4 is 25.5 Å². The molecular formula is C24H34OSi. The summed E-state index contributed by atoms with van der Waals surface area (Å²) in [4.78, 5) is 12.3. The zero-order chi connectivity index (χ0) is 19.6. The van der Waals surface area contributed by atoms with E-state index in [4.69, 9.17) is 0 Å². The topological polar surface area (TPSA) is 17.1 Å². The van der Waals surface area contributed by atoms with E-state index in [0.29, 0.717) is 16.6 Å². The fraction of sp³-hybridized carbons (Fsp3) is 0.458. The van der Waals surface area contributed by atoms with Crippen LogP contribution in [0.25, 0.3) is 11.6 Å². The summed E-state index contributed by atoms with van der Waals surface area (Å²) in [6.45, 7) is 17.9. The van der Waals surface area contributed by atoms with Crippen LogP contribution in [0, 0.1) is 0 Å². The van der Waals surface area contributed by atoms with Gasteiger partial charge in [-0.05, 0) is 58.8 Å². The van der Waals surface area contributed by atoms with Crippen LogP contribution in [0.3, 0.4) is 0 Å². The maximum Gasteiger partial charge on any atom is 0.160 e. The second kappa shape index (κ2) is 7.92. The molecule has 2 heteroatoms. The van der Waals surface area contributed by atoms with Crippen LogP contribution in [0.4, 0.5) is 0 Å². The van der Waals surface area contributed by atoms with Crippen molar-refractivity contribution in [3.8, 4) is 0 Å². The number of fused-ring (bicyclic) bond motifs is 1. The molecule has 0 saturated carbocycles. The summed E-state index contributed by atoms with van der Waals surface area (Å²) in [6, 6.07) is 8.55. The van der Waals surface area contributed by atoms with Crippen LogP contribution in [-0.2, 0) is 4.79 Å². The van der Waals surface area contributed by atoms with Gasteiger partial charge in [0, 0.05) is 5.57 Å². The molecule has 0 aliphatic heterocycles. The van der Waals surface area contributed by atoms with E-state index in [1.54, 1.807) is 6.92 Å². The highest BCUT2D eigenvalue weighted by atomic mass is 28.3. The second-order valence-electron chi connectivity index (χ2n) is 8.43. The monoisotopic (exact) mass is 366 g/mol. The van der Waals surface area contributed by atoms with E-state index in [1.807, 2.05) is 13.0 Å². The van der Waals surface area contributed by atoms with Crippen molar-refractivity contribution in [3.63, 3.8) is 0 Å². The highest BCUT2D eigenvalue weighted by Crippen LogP contribution is 2.47. The van der Waals surface area contributed by atoms with Crippen LogP contribution >= 0.6 is 0 Å².